The molecule has 8 heteroatoms. The Labute approximate surface area is 64.4 Å². The van der Waals surface area contributed by atoms with E-state index in [0.717, 1.165) is 0 Å². The van der Waals surface area contributed by atoms with Crippen molar-refractivity contribution in [3.05, 3.63) is 0 Å². The van der Waals surface area contributed by atoms with Crippen LogP contribution in [-0.4, -0.2) is 20.2 Å². The maximum absolute atomic E-state index is 11.1. The van der Waals surface area contributed by atoms with Crippen molar-refractivity contribution in [2.75, 3.05) is 20.2 Å². The molecular formula is C3H12N3O4P. The molecule has 0 amide bonds. The Morgan fingerprint density at radius 1 is 0.909 bits per heavy atom. The first-order valence-corrected chi connectivity index (χ1v) is 4.28. The van der Waals surface area contributed by atoms with E-state index in [1.54, 1.807) is 0 Å². The average molecular weight is 185 g/mol. The summed E-state index contributed by atoms with van der Waals surface area (Å²) in [7, 11) is -3.59. The fourth-order valence-electron chi connectivity index (χ4n) is 0.386. The van der Waals surface area contributed by atoms with Crippen LogP contribution < -0.4 is 17.2 Å². The number of hydrogen-bond donors (Lipinski definition) is 3. The number of rotatable bonds is 6. The molecule has 0 aromatic carbocycles. The summed E-state index contributed by atoms with van der Waals surface area (Å²) in [5, 5.41) is 0. The van der Waals surface area contributed by atoms with Crippen LogP contribution in [0.1, 0.15) is 0 Å². The van der Waals surface area contributed by atoms with Crippen molar-refractivity contribution in [3.8, 4) is 0 Å². The molecular weight excluding hydrogens is 173 g/mol. The molecule has 0 aromatic heterocycles. The lowest BCUT2D eigenvalue weighted by Gasteiger charge is -2.13. The number of phosphoric acid groups is 1. The van der Waals surface area contributed by atoms with Crippen LogP contribution in [0.15, 0.2) is 0 Å². The minimum atomic E-state index is -3.59. The molecule has 0 aliphatic heterocycles. The van der Waals surface area contributed by atoms with Crippen molar-refractivity contribution in [2.24, 2.45) is 17.2 Å². The van der Waals surface area contributed by atoms with Gasteiger partial charge in [-0.1, -0.05) is 0 Å². The number of phosphoric ester groups is 1. The Hall–Kier alpha value is -0.0100. The second kappa shape index (κ2) is 5.62. The highest BCUT2D eigenvalue weighted by Gasteiger charge is 2.24. The smallest absolute Gasteiger partial charge is 0.308 e. The van der Waals surface area contributed by atoms with Crippen LogP contribution in [0.5, 0.6) is 0 Å². The van der Waals surface area contributed by atoms with Crippen molar-refractivity contribution >= 4 is 7.82 Å². The van der Waals surface area contributed by atoms with Crippen molar-refractivity contribution in [3.63, 3.8) is 0 Å². The molecule has 0 rings (SSSR count). The van der Waals surface area contributed by atoms with Gasteiger partial charge in [0.15, 0.2) is 0 Å². The van der Waals surface area contributed by atoms with Gasteiger partial charge in [-0.05, 0) is 0 Å². The first-order chi connectivity index (χ1) is 5.18. The Balaban J connectivity index is 3.91. The second-order valence-corrected chi connectivity index (χ2v) is 3.00. The lowest BCUT2D eigenvalue weighted by Crippen LogP contribution is -2.13. The predicted octanol–water partition coefficient (Wildman–Crippen LogP) is -1.11. The van der Waals surface area contributed by atoms with Crippen molar-refractivity contribution in [2.45, 2.75) is 0 Å². The van der Waals surface area contributed by atoms with Gasteiger partial charge in [-0.3, -0.25) is 13.6 Å². The molecule has 6 N–H and O–H groups in total. The molecule has 0 unspecified atom stereocenters. The third-order valence-corrected chi connectivity index (χ3v) is 2.09. The Morgan fingerprint density at radius 2 is 1.18 bits per heavy atom. The van der Waals surface area contributed by atoms with E-state index >= 15 is 0 Å². The average Bonchev–Trinajstić information content (AvgIpc) is 1.88. The van der Waals surface area contributed by atoms with Gasteiger partial charge in [-0.25, -0.2) is 4.57 Å². The molecule has 0 aliphatic carbocycles. The first kappa shape index (κ1) is 11.0. The Bertz CT molecular complexity index is 119. The molecule has 11 heavy (non-hydrogen) atoms. The van der Waals surface area contributed by atoms with E-state index < -0.39 is 7.82 Å². The minimum absolute atomic E-state index is 0.280. The van der Waals surface area contributed by atoms with Gasteiger partial charge in [0.1, 0.15) is 20.2 Å². The molecule has 68 valence electrons. The summed E-state index contributed by atoms with van der Waals surface area (Å²) in [6.07, 6.45) is 0. The highest BCUT2D eigenvalue weighted by Crippen LogP contribution is 2.47. The summed E-state index contributed by atoms with van der Waals surface area (Å²) in [4.78, 5) is 0. The summed E-state index contributed by atoms with van der Waals surface area (Å²) in [6.45, 7) is -0.841. The van der Waals surface area contributed by atoms with Crippen LogP contribution in [0, 0.1) is 0 Å². The minimum Gasteiger partial charge on any atom is -0.308 e. The molecule has 0 atom stereocenters. The van der Waals surface area contributed by atoms with E-state index in [2.05, 4.69) is 13.6 Å². The van der Waals surface area contributed by atoms with Gasteiger partial charge >= 0.3 is 7.82 Å². The van der Waals surface area contributed by atoms with Crippen LogP contribution in [0.2, 0.25) is 0 Å². The summed E-state index contributed by atoms with van der Waals surface area (Å²) in [5.41, 5.74) is 14.8. The molecule has 0 aromatic rings. The van der Waals surface area contributed by atoms with Crippen molar-refractivity contribution < 1.29 is 18.1 Å². The molecule has 0 radical (unpaired) electrons. The van der Waals surface area contributed by atoms with Gasteiger partial charge < -0.3 is 17.2 Å². The molecule has 0 saturated heterocycles. The molecule has 0 saturated carbocycles. The van der Waals surface area contributed by atoms with Crippen LogP contribution in [0.4, 0.5) is 0 Å². The van der Waals surface area contributed by atoms with Crippen LogP contribution in [-0.2, 0) is 18.1 Å². The summed E-state index contributed by atoms with van der Waals surface area (Å²) in [5.74, 6) is 0. The lowest BCUT2D eigenvalue weighted by molar-refractivity contribution is 0.119. The summed E-state index contributed by atoms with van der Waals surface area (Å²) in [6, 6.07) is 0. The maximum Gasteiger partial charge on any atom is 0.478 e. The quantitative estimate of drug-likeness (QED) is 0.354. The van der Waals surface area contributed by atoms with Gasteiger partial charge in [0, 0.05) is 0 Å². The lowest BCUT2D eigenvalue weighted by atomic mass is 11.4. The standard InChI is InChI=1S/C3H12N3O4P/c4-1-8-11(7,9-2-5)10-3-6/h1-6H2. The molecule has 0 fully saturated rings. The van der Waals surface area contributed by atoms with Gasteiger partial charge in [-0.2, -0.15) is 0 Å². The Morgan fingerprint density at radius 3 is 1.36 bits per heavy atom. The van der Waals surface area contributed by atoms with Crippen LogP contribution >= 0.6 is 7.82 Å². The van der Waals surface area contributed by atoms with Crippen molar-refractivity contribution in [1.29, 1.82) is 0 Å². The molecule has 7 nitrogen and oxygen atoms in total. The van der Waals surface area contributed by atoms with E-state index in [4.69, 9.17) is 17.2 Å². The zero-order valence-electron chi connectivity index (χ0n) is 5.93. The normalized spacial score (nSPS) is 11.9. The van der Waals surface area contributed by atoms with Crippen LogP contribution in [0.3, 0.4) is 0 Å². The van der Waals surface area contributed by atoms with E-state index in [1.807, 2.05) is 0 Å². The zero-order chi connectivity index (χ0) is 8.74. The fourth-order valence-corrected chi connectivity index (χ4v) is 1.16. The maximum atomic E-state index is 11.1. The highest BCUT2D eigenvalue weighted by atomic mass is 31.2. The third-order valence-electron chi connectivity index (χ3n) is 0.698. The van der Waals surface area contributed by atoms with E-state index in [0.29, 0.717) is 0 Å². The molecule has 0 spiro atoms. The van der Waals surface area contributed by atoms with E-state index in [-0.39, 0.29) is 20.2 Å². The summed E-state index contributed by atoms with van der Waals surface area (Å²) >= 11 is 0. The van der Waals surface area contributed by atoms with Gasteiger partial charge in [0.05, 0.1) is 0 Å². The van der Waals surface area contributed by atoms with Crippen molar-refractivity contribution in [1.82, 2.24) is 0 Å². The highest BCUT2D eigenvalue weighted by molar-refractivity contribution is 7.48. The topological polar surface area (TPSA) is 123 Å². The molecule has 0 heterocycles. The number of nitrogens with two attached hydrogens (primary N) is 3. The van der Waals surface area contributed by atoms with Gasteiger partial charge in [-0.15, -0.1) is 0 Å². The Kier molecular flexibility index (Phi) is 5.61. The monoisotopic (exact) mass is 185 g/mol. The zero-order valence-corrected chi connectivity index (χ0v) is 6.83. The SMILES string of the molecule is NCOP(=O)(OCN)OCN. The largest absolute Gasteiger partial charge is 0.478 e. The van der Waals surface area contributed by atoms with E-state index in [1.165, 1.54) is 0 Å². The van der Waals surface area contributed by atoms with Gasteiger partial charge in [0.2, 0.25) is 0 Å². The molecule has 0 bridgehead atoms. The fraction of sp³-hybridized carbons (Fsp3) is 1.00. The molecule has 0 aliphatic rings. The summed E-state index contributed by atoms with van der Waals surface area (Å²) < 4.78 is 24.4. The third kappa shape index (κ3) is 4.44. The first-order valence-electron chi connectivity index (χ1n) is 2.82. The van der Waals surface area contributed by atoms with E-state index in [9.17, 15) is 4.57 Å². The predicted molar refractivity (Wildman–Crippen MR) is 38.0 cm³/mol. The van der Waals surface area contributed by atoms with Crippen LogP contribution in [0.25, 0.3) is 0 Å². The second-order valence-electron chi connectivity index (χ2n) is 1.33. The van der Waals surface area contributed by atoms with Gasteiger partial charge in [0.25, 0.3) is 0 Å². The number of hydrogen-bond acceptors (Lipinski definition) is 7.